The highest BCUT2D eigenvalue weighted by Gasteiger charge is 2.23. The number of hydrogen-bond acceptors (Lipinski definition) is 3. The molecule has 0 spiro atoms. The third kappa shape index (κ3) is 3.48. The largest absolute Gasteiger partial charge is 0.294 e. The van der Waals surface area contributed by atoms with Gasteiger partial charge in [-0.2, -0.15) is 0 Å². The van der Waals surface area contributed by atoms with E-state index in [1.807, 2.05) is 12.1 Å². The molecule has 0 atom stereocenters. The van der Waals surface area contributed by atoms with Gasteiger partial charge in [0, 0.05) is 19.6 Å². The molecule has 0 aliphatic carbocycles. The molecule has 0 aromatic heterocycles. The Hall–Kier alpha value is -1.07. The van der Waals surface area contributed by atoms with E-state index in [4.69, 9.17) is 0 Å². The van der Waals surface area contributed by atoms with E-state index in [-0.39, 0.29) is 5.75 Å². The topological polar surface area (TPSA) is 49.4 Å². The van der Waals surface area contributed by atoms with Gasteiger partial charge < -0.3 is 0 Å². The van der Waals surface area contributed by atoms with Crippen molar-refractivity contribution in [3.8, 4) is 0 Å². The zero-order chi connectivity index (χ0) is 14.0. The summed E-state index contributed by atoms with van der Waals surface area (Å²) in [5.74, 6) is 0.719. The number of nitrogens with zero attached hydrogens (tertiary/aromatic N) is 1. The first-order valence-electron chi connectivity index (χ1n) is 6.75. The molecule has 19 heavy (non-hydrogen) atoms. The van der Waals surface area contributed by atoms with Gasteiger partial charge in [-0.3, -0.25) is 9.62 Å². The summed E-state index contributed by atoms with van der Waals surface area (Å²) in [5, 5.41) is 0. The van der Waals surface area contributed by atoms with Gasteiger partial charge in [0.15, 0.2) is 0 Å². The first kappa shape index (κ1) is 14.3. The number of rotatable bonds is 5. The molecule has 5 heteroatoms. The molecular weight excluding hydrogens is 260 g/mol. The van der Waals surface area contributed by atoms with E-state index in [9.17, 15) is 8.42 Å². The van der Waals surface area contributed by atoms with Crippen LogP contribution in [0.2, 0.25) is 0 Å². The average Bonchev–Trinajstić information content (AvgIpc) is 2.71. The van der Waals surface area contributed by atoms with Crippen LogP contribution in [0.5, 0.6) is 0 Å². The van der Waals surface area contributed by atoms with Gasteiger partial charge in [0.25, 0.3) is 0 Å². The van der Waals surface area contributed by atoms with Crippen molar-refractivity contribution in [2.24, 2.45) is 5.92 Å². The molecule has 0 saturated carbocycles. The molecule has 1 aliphatic heterocycles. The number of sulfonamides is 1. The van der Waals surface area contributed by atoms with Crippen LogP contribution in [0.25, 0.3) is 0 Å². The summed E-state index contributed by atoms with van der Waals surface area (Å²) in [5.41, 5.74) is 3.10. The lowest BCUT2D eigenvalue weighted by molar-refractivity contribution is 0.251. The summed E-state index contributed by atoms with van der Waals surface area (Å²) in [7, 11) is -3.20. The zero-order valence-corrected chi connectivity index (χ0v) is 12.6. The fraction of sp³-hybridized carbons (Fsp3) is 0.571. The molecule has 0 bridgehead atoms. The second kappa shape index (κ2) is 5.51. The number of benzene rings is 1. The molecule has 0 fully saturated rings. The zero-order valence-electron chi connectivity index (χ0n) is 11.8. The van der Waals surface area contributed by atoms with Crippen LogP contribution in [0.1, 0.15) is 31.9 Å². The quantitative estimate of drug-likeness (QED) is 0.902. The number of nitrogens with one attached hydrogen (secondary N) is 1. The maximum absolute atomic E-state index is 11.7. The number of hydrogen-bond donors (Lipinski definition) is 1. The van der Waals surface area contributed by atoms with Crippen LogP contribution in [0.3, 0.4) is 0 Å². The first-order valence-corrected chi connectivity index (χ1v) is 8.40. The SMILES string of the molecule is CCS(=O)(=O)Nc1cccc2c1CN(CC(C)C)C2. The summed E-state index contributed by atoms with van der Waals surface area (Å²) in [6.45, 7) is 8.82. The third-order valence-corrected chi connectivity index (χ3v) is 4.61. The van der Waals surface area contributed by atoms with Crippen molar-refractivity contribution in [3.63, 3.8) is 0 Å². The maximum Gasteiger partial charge on any atom is 0.232 e. The maximum atomic E-state index is 11.7. The highest BCUT2D eigenvalue weighted by molar-refractivity contribution is 7.92. The van der Waals surface area contributed by atoms with E-state index in [0.717, 1.165) is 30.9 Å². The first-order chi connectivity index (χ1) is 8.91. The standard InChI is InChI=1S/C14H22N2O2S/c1-4-19(17,18)15-14-7-5-6-12-9-16(8-11(2)3)10-13(12)14/h5-7,11,15H,4,8-10H2,1-3H3. The van der Waals surface area contributed by atoms with Crippen molar-refractivity contribution >= 4 is 15.7 Å². The molecule has 106 valence electrons. The molecule has 1 aromatic rings. The number of anilines is 1. The van der Waals surface area contributed by atoms with Gasteiger partial charge >= 0.3 is 0 Å². The highest BCUT2D eigenvalue weighted by atomic mass is 32.2. The number of fused-ring (bicyclic) bond motifs is 1. The fourth-order valence-electron chi connectivity index (χ4n) is 2.47. The van der Waals surface area contributed by atoms with Gasteiger partial charge in [0.1, 0.15) is 0 Å². The molecule has 1 N–H and O–H groups in total. The molecule has 0 saturated heterocycles. The highest BCUT2D eigenvalue weighted by Crippen LogP contribution is 2.30. The molecule has 0 unspecified atom stereocenters. The Labute approximate surface area is 115 Å². The Kier molecular flexibility index (Phi) is 4.16. The van der Waals surface area contributed by atoms with Gasteiger partial charge in [-0.25, -0.2) is 8.42 Å². The Bertz CT molecular complexity index is 553. The minimum atomic E-state index is -3.20. The van der Waals surface area contributed by atoms with Crippen molar-refractivity contribution < 1.29 is 8.42 Å². The van der Waals surface area contributed by atoms with E-state index in [1.165, 1.54) is 5.56 Å². The summed E-state index contributed by atoms with van der Waals surface area (Å²) in [6, 6.07) is 5.86. The van der Waals surface area contributed by atoms with Crippen LogP contribution in [-0.2, 0) is 23.1 Å². The molecule has 1 aliphatic rings. The Morgan fingerprint density at radius 2 is 2.05 bits per heavy atom. The minimum Gasteiger partial charge on any atom is -0.294 e. The Balaban J connectivity index is 2.21. The Morgan fingerprint density at radius 3 is 2.68 bits per heavy atom. The monoisotopic (exact) mass is 282 g/mol. The smallest absolute Gasteiger partial charge is 0.232 e. The van der Waals surface area contributed by atoms with Crippen molar-refractivity contribution in [1.29, 1.82) is 0 Å². The van der Waals surface area contributed by atoms with Crippen molar-refractivity contribution in [1.82, 2.24) is 4.90 Å². The normalized spacial score (nSPS) is 15.8. The van der Waals surface area contributed by atoms with Gasteiger partial charge in [-0.1, -0.05) is 26.0 Å². The van der Waals surface area contributed by atoms with E-state index < -0.39 is 10.0 Å². The molecule has 4 nitrogen and oxygen atoms in total. The fourth-order valence-corrected chi connectivity index (χ4v) is 3.14. The third-order valence-electron chi connectivity index (χ3n) is 3.32. The molecule has 1 aromatic carbocycles. The van der Waals surface area contributed by atoms with Crippen LogP contribution < -0.4 is 4.72 Å². The molecule has 2 rings (SSSR count). The van der Waals surface area contributed by atoms with Gasteiger partial charge in [-0.05, 0) is 30.0 Å². The Morgan fingerprint density at radius 1 is 1.32 bits per heavy atom. The lowest BCUT2D eigenvalue weighted by Gasteiger charge is -2.17. The van der Waals surface area contributed by atoms with Crippen LogP contribution in [-0.4, -0.2) is 25.6 Å². The van der Waals surface area contributed by atoms with E-state index in [1.54, 1.807) is 6.92 Å². The second-order valence-corrected chi connectivity index (χ2v) is 7.52. The lowest BCUT2D eigenvalue weighted by Crippen LogP contribution is -2.22. The second-order valence-electron chi connectivity index (χ2n) is 5.51. The summed E-state index contributed by atoms with van der Waals surface area (Å²) >= 11 is 0. The summed E-state index contributed by atoms with van der Waals surface area (Å²) in [4.78, 5) is 2.36. The molecule has 0 radical (unpaired) electrons. The van der Waals surface area contributed by atoms with Gasteiger partial charge in [0.2, 0.25) is 10.0 Å². The van der Waals surface area contributed by atoms with Crippen molar-refractivity contribution in [3.05, 3.63) is 29.3 Å². The van der Waals surface area contributed by atoms with Gasteiger partial charge in [0.05, 0.1) is 11.4 Å². The van der Waals surface area contributed by atoms with Crippen LogP contribution in [0.15, 0.2) is 18.2 Å². The molecule has 0 amide bonds. The summed E-state index contributed by atoms with van der Waals surface area (Å²) in [6.07, 6.45) is 0. The molecule has 1 heterocycles. The van der Waals surface area contributed by atoms with Crippen molar-refractivity contribution in [2.75, 3.05) is 17.0 Å². The van der Waals surface area contributed by atoms with Crippen LogP contribution >= 0.6 is 0 Å². The van der Waals surface area contributed by atoms with Gasteiger partial charge in [-0.15, -0.1) is 0 Å². The molecular formula is C14H22N2O2S. The lowest BCUT2D eigenvalue weighted by atomic mass is 10.1. The summed E-state index contributed by atoms with van der Waals surface area (Å²) < 4.78 is 26.1. The minimum absolute atomic E-state index is 0.104. The average molecular weight is 282 g/mol. The van der Waals surface area contributed by atoms with E-state index >= 15 is 0 Å². The van der Waals surface area contributed by atoms with Crippen LogP contribution in [0, 0.1) is 5.92 Å². The van der Waals surface area contributed by atoms with E-state index in [0.29, 0.717) is 5.92 Å². The predicted octanol–water partition coefficient (Wildman–Crippen LogP) is 2.42. The van der Waals surface area contributed by atoms with Crippen LogP contribution in [0.4, 0.5) is 5.69 Å². The van der Waals surface area contributed by atoms with Crippen molar-refractivity contribution in [2.45, 2.75) is 33.9 Å². The predicted molar refractivity (Wildman–Crippen MR) is 78.5 cm³/mol. The van der Waals surface area contributed by atoms with E-state index in [2.05, 4.69) is 29.5 Å².